The third-order valence-electron chi connectivity index (χ3n) is 2.43. The van der Waals surface area contributed by atoms with Crippen LogP contribution in [0.25, 0.3) is 0 Å². The maximum atomic E-state index is 12.1. The molecule has 0 radical (unpaired) electrons. The third kappa shape index (κ3) is 2.65. The molecule has 1 amide bonds. The van der Waals surface area contributed by atoms with Crippen LogP contribution in [0.15, 0.2) is 18.3 Å². The predicted octanol–water partition coefficient (Wildman–Crippen LogP) is 1.99. The molecule has 0 spiro atoms. The minimum Gasteiger partial charge on any atom is -0.396 e. The first-order valence-electron chi connectivity index (χ1n) is 5.26. The van der Waals surface area contributed by atoms with E-state index < -0.39 is 0 Å². The van der Waals surface area contributed by atoms with E-state index in [1.807, 2.05) is 12.1 Å². The molecule has 0 aliphatic heterocycles. The second-order valence-corrected chi connectivity index (χ2v) is 5.77. The number of thiophene rings is 1. The number of hydrogen-bond acceptors (Lipinski definition) is 4. The molecule has 2 aromatic rings. The Bertz CT molecular complexity index is 577. The molecule has 18 heavy (non-hydrogen) atoms. The molecule has 0 saturated heterocycles. The van der Waals surface area contributed by atoms with Crippen LogP contribution in [0.1, 0.15) is 15.4 Å². The number of rotatable bonds is 3. The molecule has 0 aliphatic carbocycles. The summed E-state index contributed by atoms with van der Waals surface area (Å²) in [5, 5.41) is 4.06. The van der Waals surface area contributed by atoms with Crippen molar-refractivity contribution < 1.29 is 4.79 Å². The van der Waals surface area contributed by atoms with Crippen LogP contribution in [0, 0.1) is 0 Å². The molecule has 0 saturated carbocycles. The van der Waals surface area contributed by atoms with E-state index in [9.17, 15) is 4.79 Å². The van der Waals surface area contributed by atoms with Gasteiger partial charge < -0.3 is 10.6 Å². The molecule has 2 rings (SSSR count). The maximum Gasteiger partial charge on any atom is 0.276 e. The molecule has 0 bridgehead atoms. The molecule has 2 heterocycles. The van der Waals surface area contributed by atoms with Gasteiger partial charge in [0, 0.05) is 25.2 Å². The smallest absolute Gasteiger partial charge is 0.276 e. The SMILES string of the molecule is CN(Cc1ccc(Cl)s1)C(=O)c1nn(C)cc1N. The highest BCUT2D eigenvalue weighted by Crippen LogP contribution is 2.23. The Morgan fingerprint density at radius 2 is 2.33 bits per heavy atom. The van der Waals surface area contributed by atoms with Crippen LogP contribution in [-0.2, 0) is 13.6 Å². The zero-order valence-electron chi connectivity index (χ0n) is 10.1. The van der Waals surface area contributed by atoms with E-state index in [2.05, 4.69) is 5.10 Å². The summed E-state index contributed by atoms with van der Waals surface area (Å²) in [5.74, 6) is -0.197. The van der Waals surface area contributed by atoms with Crippen molar-refractivity contribution in [3.8, 4) is 0 Å². The fourth-order valence-corrected chi connectivity index (χ4v) is 2.74. The van der Waals surface area contributed by atoms with E-state index in [1.54, 1.807) is 25.2 Å². The second-order valence-electron chi connectivity index (χ2n) is 3.97. The highest BCUT2D eigenvalue weighted by Gasteiger charge is 2.18. The number of carbonyl (C=O) groups is 1. The molecule has 96 valence electrons. The van der Waals surface area contributed by atoms with Crippen LogP contribution in [0.4, 0.5) is 5.69 Å². The van der Waals surface area contributed by atoms with Crippen molar-refractivity contribution in [3.05, 3.63) is 33.2 Å². The average molecular weight is 285 g/mol. The van der Waals surface area contributed by atoms with E-state index in [0.717, 1.165) is 4.88 Å². The fraction of sp³-hybridized carbons (Fsp3) is 0.273. The Hall–Kier alpha value is -1.53. The summed E-state index contributed by atoms with van der Waals surface area (Å²) >= 11 is 7.30. The lowest BCUT2D eigenvalue weighted by Crippen LogP contribution is -2.27. The van der Waals surface area contributed by atoms with Crippen molar-refractivity contribution in [2.24, 2.45) is 7.05 Å². The van der Waals surface area contributed by atoms with Gasteiger partial charge in [-0.3, -0.25) is 9.48 Å². The largest absolute Gasteiger partial charge is 0.396 e. The molecular weight excluding hydrogens is 272 g/mol. The van der Waals surface area contributed by atoms with E-state index in [-0.39, 0.29) is 11.6 Å². The highest BCUT2D eigenvalue weighted by atomic mass is 35.5. The topological polar surface area (TPSA) is 64.2 Å². The van der Waals surface area contributed by atoms with Crippen molar-refractivity contribution in [2.75, 3.05) is 12.8 Å². The zero-order chi connectivity index (χ0) is 13.3. The Morgan fingerprint density at radius 1 is 1.61 bits per heavy atom. The minimum absolute atomic E-state index is 0.197. The molecule has 0 atom stereocenters. The van der Waals surface area contributed by atoms with Gasteiger partial charge in [-0.05, 0) is 12.1 Å². The number of amides is 1. The third-order valence-corrected chi connectivity index (χ3v) is 3.64. The summed E-state index contributed by atoms with van der Waals surface area (Å²) in [7, 11) is 3.44. The molecule has 7 heteroatoms. The van der Waals surface area contributed by atoms with E-state index >= 15 is 0 Å². The van der Waals surface area contributed by atoms with E-state index in [0.29, 0.717) is 16.6 Å². The lowest BCUT2D eigenvalue weighted by atomic mass is 10.3. The number of nitrogens with two attached hydrogens (primary N) is 1. The van der Waals surface area contributed by atoms with Gasteiger partial charge in [-0.1, -0.05) is 11.6 Å². The lowest BCUT2D eigenvalue weighted by molar-refractivity contribution is 0.0781. The van der Waals surface area contributed by atoms with Crippen molar-refractivity contribution in [1.29, 1.82) is 0 Å². The first-order valence-corrected chi connectivity index (χ1v) is 6.45. The van der Waals surface area contributed by atoms with Gasteiger partial charge in [0.05, 0.1) is 16.6 Å². The van der Waals surface area contributed by atoms with Gasteiger partial charge in [0.2, 0.25) is 0 Å². The predicted molar refractivity (Wildman–Crippen MR) is 72.7 cm³/mol. The van der Waals surface area contributed by atoms with Gasteiger partial charge in [0.1, 0.15) is 0 Å². The quantitative estimate of drug-likeness (QED) is 0.937. The summed E-state index contributed by atoms with van der Waals surface area (Å²) in [4.78, 5) is 14.7. The standard InChI is InChI=1S/C11H13ClN4OS/c1-15(5-7-3-4-9(12)18-7)11(17)10-8(13)6-16(2)14-10/h3-4,6H,5,13H2,1-2H3. The van der Waals surface area contributed by atoms with Gasteiger partial charge in [-0.25, -0.2) is 0 Å². The van der Waals surface area contributed by atoms with Crippen molar-refractivity contribution >= 4 is 34.5 Å². The minimum atomic E-state index is -0.197. The van der Waals surface area contributed by atoms with Gasteiger partial charge in [0.15, 0.2) is 5.69 Å². The molecule has 2 aromatic heterocycles. The van der Waals surface area contributed by atoms with Crippen LogP contribution in [0.2, 0.25) is 4.34 Å². The van der Waals surface area contributed by atoms with Crippen LogP contribution in [0.5, 0.6) is 0 Å². The molecule has 2 N–H and O–H groups in total. The summed E-state index contributed by atoms with van der Waals surface area (Å²) in [6.45, 7) is 0.492. The number of carbonyl (C=O) groups excluding carboxylic acids is 1. The average Bonchev–Trinajstić information content (AvgIpc) is 2.84. The van der Waals surface area contributed by atoms with Crippen LogP contribution in [-0.4, -0.2) is 27.6 Å². The molecule has 0 fully saturated rings. The first-order chi connectivity index (χ1) is 8.47. The summed E-state index contributed by atoms with van der Waals surface area (Å²) in [5.41, 5.74) is 6.40. The van der Waals surface area contributed by atoms with Gasteiger partial charge in [-0.15, -0.1) is 11.3 Å². The van der Waals surface area contributed by atoms with Crippen molar-refractivity contribution in [1.82, 2.24) is 14.7 Å². The molecule has 0 aliphatic rings. The normalized spacial score (nSPS) is 10.6. The van der Waals surface area contributed by atoms with Gasteiger partial charge in [0.25, 0.3) is 5.91 Å². The number of halogens is 1. The van der Waals surface area contributed by atoms with Crippen LogP contribution in [0.3, 0.4) is 0 Å². The molecule has 0 aromatic carbocycles. The Kier molecular flexibility index (Phi) is 3.58. The Labute approximate surface area is 114 Å². The maximum absolute atomic E-state index is 12.1. The van der Waals surface area contributed by atoms with Gasteiger partial charge in [-0.2, -0.15) is 5.10 Å². The lowest BCUT2D eigenvalue weighted by Gasteiger charge is -2.14. The second kappa shape index (κ2) is 4.99. The molecule has 0 unspecified atom stereocenters. The number of nitrogens with zero attached hydrogens (tertiary/aromatic N) is 3. The number of aromatic nitrogens is 2. The molecule has 5 nitrogen and oxygen atoms in total. The number of anilines is 1. The summed E-state index contributed by atoms with van der Waals surface area (Å²) in [6, 6.07) is 3.72. The van der Waals surface area contributed by atoms with Gasteiger partial charge >= 0.3 is 0 Å². The molecular formula is C11H13ClN4OS. The zero-order valence-corrected chi connectivity index (χ0v) is 11.6. The fourth-order valence-electron chi connectivity index (χ4n) is 1.60. The van der Waals surface area contributed by atoms with Crippen molar-refractivity contribution in [2.45, 2.75) is 6.54 Å². The van der Waals surface area contributed by atoms with E-state index in [4.69, 9.17) is 17.3 Å². The number of hydrogen-bond donors (Lipinski definition) is 1. The number of nitrogen functional groups attached to an aromatic ring is 1. The van der Waals surface area contributed by atoms with Crippen LogP contribution < -0.4 is 5.73 Å². The summed E-state index contributed by atoms with van der Waals surface area (Å²) in [6.07, 6.45) is 1.61. The monoisotopic (exact) mass is 284 g/mol. The first kappa shape index (κ1) is 12.9. The number of aryl methyl sites for hydroxylation is 1. The van der Waals surface area contributed by atoms with E-state index in [1.165, 1.54) is 16.0 Å². The van der Waals surface area contributed by atoms with Crippen LogP contribution >= 0.6 is 22.9 Å². The Morgan fingerprint density at radius 3 is 2.83 bits per heavy atom. The highest BCUT2D eigenvalue weighted by molar-refractivity contribution is 7.16. The summed E-state index contributed by atoms with van der Waals surface area (Å²) < 4.78 is 2.24. The van der Waals surface area contributed by atoms with Crippen molar-refractivity contribution in [3.63, 3.8) is 0 Å². The Balaban J connectivity index is 2.11.